The van der Waals surface area contributed by atoms with Crippen molar-refractivity contribution >= 4 is 28.9 Å². The number of aryl methyl sites for hydroxylation is 1. The molecule has 2 atom stereocenters. The van der Waals surface area contributed by atoms with Gasteiger partial charge in [-0.15, -0.1) is 11.3 Å². The summed E-state index contributed by atoms with van der Waals surface area (Å²) in [6.45, 7) is 5.62. The summed E-state index contributed by atoms with van der Waals surface area (Å²) in [6, 6.07) is 10.0. The van der Waals surface area contributed by atoms with Crippen LogP contribution >= 0.6 is 11.3 Å². The standard InChI is InChI=1S/C17H19N3OS.C2HF3O2/c1-12-18-14(11-22-12)9-19-7-13-8-20(17(21)16(13)10-19)15-5-3-2-4-6-15;3-2(4,5)1(6)7/h2-6,11,13,16H,7-10H2,1H3;(H,6,7). The smallest absolute Gasteiger partial charge is 0.475 e. The fourth-order valence-electron chi connectivity index (χ4n) is 3.63. The maximum Gasteiger partial charge on any atom is 0.490 e. The lowest BCUT2D eigenvalue weighted by Crippen LogP contribution is -2.32. The molecule has 1 amide bonds. The van der Waals surface area contributed by atoms with E-state index in [1.165, 1.54) is 0 Å². The molecule has 3 heterocycles. The number of likely N-dealkylation sites (tertiary alicyclic amines) is 1. The molecule has 156 valence electrons. The minimum atomic E-state index is -5.08. The Morgan fingerprint density at radius 3 is 2.41 bits per heavy atom. The van der Waals surface area contributed by atoms with Crippen molar-refractivity contribution in [3.63, 3.8) is 0 Å². The Labute approximate surface area is 169 Å². The molecule has 10 heteroatoms. The van der Waals surface area contributed by atoms with Gasteiger partial charge in [0.05, 0.1) is 16.6 Å². The molecule has 1 aromatic heterocycles. The number of halogens is 3. The topological polar surface area (TPSA) is 73.7 Å². The monoisotopic (exact) mass is 427 g/mol. The molecular weight excluding hydrogens is 407 g/mol. The zero-order valence-electron chi connectivity index (χ0n) is 15.6. The molecule has 2 aliphatic rings. The van der Waals surface area contributed by atoms with E-state index in [1.54, 1.807) is 11.3 Å². The molecule has 29 heavy (non-hydrogen) atoms. The Morgan fingerprint density at radius 2 is 1.90 bits per heavy atom. The van der Waals surface area contributed by atoms with Gasteiger partial charge < -0.3 is 10.0 Å². The van der Waals surface area contributed by atoms with Crippen LogP contribution in [0.4, 0.5) is 18.9 Å². The highest BCUT2D eigenvalue weighted by molar-refractivity contribution is 7.09. The van der Waals surface area contributed by atoms with E-state index in [0.717, 1.165) is 42.6 Å². The van der Waals surface area contributed by atoms with E-state index < -0.39 is 12.1 Å². The molecule has 0 saturated carbocycles. The maximum atomic E-state index is 12.7. The van der Waals surface area contributed by atoms with Crippen LogP contribution in [-0.4, -0.2) is 52.7 Å². The van der Waals surface area contributed by atoms with Crippen LogP contribution < -0.4 is 4.90 Å². The Bertz CT molecular complexity index is 872. The molecule has 2 unspecified atom stereocenters. The highest BCUT2D eigenvalue weighted by Gasteiger charge is 2.46. The Kier molecular flexibility index (Phi) is 6.23. The van der Waals surface area contributed by atoms with Crippen molar-refractivity contribution in [2.24, 2.45) is 11.8 Å². The number of nitrogens with zero attached hydrogens (tertiary/aromatic N) is 3. The quantitative estimate of drug-likeness (QED) is 0.815. The first kappa shape index (κ1) is 21.3. The minimum absolute atomic E-state index is 0.153. The fourth-order valence-corrected chi connectivity index (χ4v) is 4.23. The summed E-state index contributed by atoms with van der Waals surface area (Å²) < 4.78 is 31.7. The van der Waals surface area contributed by atoms with Crippen LogP contribution in [0.2, 0.25) is 0 Å². The number of hydrogen-bond donors (Lipinski definition) is 1. The van der Waals surface area contributed by atoms with E-state index in [1.807, 2.05) is 42.2 Å². The van der Waals surface area contributed by atoms with Gasteiger partial charge in [0.25, 0.3) is 0 Å². The van der Waals surface area contributed by atoms with Crippen molar-refractivity contribution in [2.75, 3.05) is 24.5 Å². The van der Waals surface area contributed by atoms with Gasteiger partial charge in [0.2, 0.25) is 5.91 Å². The highest BCUT2D eigenvalue weighted by atomic mass is 32.1. The summed E-state index contributed by atoms with van der Waals surface area (Å²) >= 11 is 1.69. The molecule has 0 spiro atoms. The number of aromatic nitrogens is 1. The molecule has 0 bridgehead atoms. The van der Waals surface area contributed by atoms with Gasteiger partial charge in [-0.1, -0.05) is 18.2 Å². The third-order valence-corrected chi connectivity index (χ3v) is 5.70. The largest absolute Gasteiger partial charge is 0.490 e. The third kappa shape index (κ3) is 5.13. The molecule has 0 radical (unpaired) electrons. The predicted molar refractivity (Wildman–Crippen MR) is 102 cm³/mol. The van der Waals surface area contributed by atoms with E-state index in [2.05, 4.69) is 15.3 Å². The highest BCUT2D eigenvalue weighted by Crippen LogP contribution is 2.35. The van der Waals surface area contributed by atoms with Crippen molar-refractivity contribution in [1.29, 1.82) is 0 Å². The summed E-state index contributed by atoms with van der Waals surface area (Å²) in [6.07, 6.45) is -5.08. The average molecular weight is 427 g/mol. The first-order chi connectivity index (χ1) is 13.6. The Morgan fingerprint density at radius 1 is 1.24 bits per heavy atom. The summed E-state index contributed by atoms with van der Waals surface area (Å²) in [5, 5.41) is 10.4. The SMILES string of the molecule is Cc1nc(CN2CC3CN(c4ccccc4)C(=O)C3C2)cs1.O=C(O)C(F)(F)F. The summed E-state index contributed by atoms with van der Waals surface area (Å²) in [4.78, 5) is 30.4. The van der Waals surface area contributed by atoms with Crippen molar-refractivity contribution in [2.45, 2.75) is 19.6 Å². The molecule has 1 N–H and O–H groups in total. The van der Waals surface area contributed by atoms with Crippen LogP contribution in [0.1, 0.15) is 10.7 Å². The lowest BCUT2D eigenvalue weighted by Gasteiger charge is -2.21. The number of thiazole rings is 1. The van der Waals surface area contributed by atoms with Gasteiger partial charge in [-0.2, -0.15) is 13.2 Å². The number of rotatable bonds is 3. The summed E-state index contributed by atoms with van der Waals surface area (Å²) in [7, 11) is 0. The van der Waals surface area contributed by atoms with Gasteiger partial charge in [-0.05, 0) is 19.1 Å². The summed E-state index contributed by atoms with van der Waals surface area (Å²) in [5.41, 5.74) is 2.17. The Balaban J connectivity index is 0.000000298. The number of carboxylic acids is 1. The number of aliphatic carboxylic acids is 1. The predicted octanol–water partition coefficient (Wildman–Crippen LogP) is 3.18. The van der Waals surface area contributed by atoms with Crippen molar-refractivity contribution in [3.05, 3.63) is 46.4 Å². The summed E-state index contributed by atoms with van der Waals surface area (Å²) in [5.74, 6) is -1.87. The van der Waals surface area contributed by atoms with E-state index >= 15 is 0 Å². The van der Waals surface area contributed by atoms with E-state index in [4.69, 9.17) is 9.90 Å². The lowest BCUT2D eigenvalue weighted by molar-refractivity contribution is -0.192. The van der Waals surface area contributed by atoms with Crippen LogP contribution in [0.25, 0.3) is 0 Å². The van der Waals surface area contributed by atoms with Crippen LogP contribution in [0.15, 0.2) is 35.7 Å². The van der Waals surface area contributed by atoms with Gasteiger partial charge in [-0.25, -0.2) is 9.78 Å². The molecule has 0 aliphatic carbocycles. The molecule has 2 fully saturated rings. The molecule has 4 rings (SSSR count). The van der Waals surface area contributed by atoms with E-state index in [9.17, 15) is 18.0 Å². The van der Waals surface area contributed by atoms with Crippen molar-refractivity contribution < 1.29 is 27.9 Å². The van der Waals surface area contributed by atoms with E-state index in [-0.39, 0.29) is 11.8 Å². The second kappa shape index (κ2) is 8.50. The molecular formula is C19H20F3N3O3S. The van der Waals surface area contributed by atoms with Gasteiger partial charge in [0.15, 0.2) is 0 Å². The van der Waals surface area contributed by atoms with Crippen molar-refractivity contribution in [1.82, 2.24) is 9.88 Å². The molecule has 6 nitrogen and oxygen atoms in total. The number of para-hydroxylation sites is 1. The normalized spacial score (nSPS) is 21.7. The second-order valence-electron chi connectivity index (χ2n) is 7.01. The van der Waals surface area contributed by atoms with Crippen LogP contribution in [-0.2, 0) is 16.1 Å². The molecule has 2 saturated heterocycles. The van der Waals surface area contributed by atoms with Crippen LogP contribution in [0.5, 0.6) is 0 Å². The zero-order valence-corrected chi connectivity index (χ0v) is 16.4. The lowest BCUT2D eigenvalue weighted by atomic mass is 10.0. The number of benzene rings is 1. The average Bonchev–Trinajstić information content (AvgIpc) is 3.32. The number of carboxylic acid groups (broad SMARTS) is 1. The minimum Gasteiger partial charge on any atom is -0.475 e. The first-order valence-electron chi connectivity index (χ1n) is 8.95. The molecule has 2 aliphatic heterocycles. The number of amides is 1. The maximum absolute atomic E-state index is 12.7. The first-order valence-corrected chi connectivity index (χ1v) is 9.83. The van der Waals surface area contributed by atoms with E-state index in [0.29, 0.717) is 5.92 Å². The molecule has 2 aromatic rings. The number of alkyl halides is 3. The Hall–Kier alpha value is -2.46. The number of fused-ring (bicyclic) bond motifs is 1. The fraction of sp³-hybridized carbons (Fsp3) is 0.421. The number of carbonyl (C=O) groups excluding carboxylic acids is 1. The van der Waals surface area contributed by atoms with Gasteiger partial charge >= 0.3 is 12.1 Å². The number of anilines is 1. The number of hydrogen-bond acceptors (Lipinski definition) is 5. The molecule has 1 aromatic carbocycles. The van der Waals surface area contributed by atoms with Crippen LogP contribution in [0, 0.1) is 18.8 Å². The number of carbonyl (C=O) groups is 2. The van der Waals surface area contributed by atoms with Gasteiger partial charge in [-0.3, -0.25) is 9.69 Å². The van der Waals surface area contributed by atoms with Gasteiger partial charge in [0.1, 0.15) is 0 Å². The third-order valence-electron chi connectivity index (χ3n) is 4.88. The zero-order chi connectivity index (χ0) is 21.2. The second-order valence-corrected chi connectivity index (χ2v) is 8.07. The van der Waals surface area contributed by atoms with Crippen LogP contribution in [0.3, 0.4) is 0 Å². The van der Waals surface area contributed by atoms with Crippen molar-refractivity contribution in [3.8, 4) is 0 Å². The van der Waals surface area contributed by atoms with Gasteiger partial charge in [0, 0.05) is 43.2 Å².